The Morgan fingerprint density at radius 2 is 2.11 bits per heavy atom. The fourth-order valence-corrected chi connectivity index (χ4v) is 4.33. The molecule has 0 radical (unpaired) electrons. The van der Waals surface area contributed by atoms with Crippen LogP contribution in [0.15, 0.2) is 36.8 Å². The van der Waals surface area contributed by atoms with Gasteiger partial charge in [0.25, 0.3) is 0 Å². The molecule has 0 spiro atoms. The van der Waals surface area contributed by atoms with E-state index in [9.17, 15) is 14.7 Å². The topological polar surface area (TPSA) is 100 Å². The molecule has 3 heterocycles. The van der Waals surface area contributed by atoms with Crippen LogP contribution in [0.3, 0.4) is 0 Å². The number of fused-ring (bicyclic) bond motifs is 1. The number of anilines is 1. The molecule has 1 saturated heterocycles. The molecule has 2 aromatic rings. The Hall–Kier alpha value is -2.90. The van der Waals surface area contributed by atoms with Crippen LogP contribution < -0.4 is 5.32 Å². The minimum Gasteiger partial charge on any atom is -0.481 e. The summed E-state index contributed by atoms with van der Waals surface area (Å²) in [6.45, 7) is 1.48. The molecule has 2 aliphatic rings. The predicted octanol–water partition coefficient (Wildman–Crippen LogP) is 2.24. The Labute approximate surface area is 157 Å². The first kappa shape index (κ1) is 17.5. The van der Waals surface area contributed by atoms with Gasteiger partial charge in [0.05, 0.1) is 5.41 Å². The Morgan fingerprint density at radius 3 is 2.85 bits per heavy atom. The number of hydrogen-bond acceptors (Lipinski definition) is 4. The van der Waals surface area contributed by atoms with E-state index in [1.54, 1.807) is 28.0 Å². The molecule has 2 fully saturated rings. The van der Waals surface area contributed by atoms with Gasteiger partial charge in [-0.3, -0.25) is 19.8 Å². The van der Waals surface area contributed by atoms with Crippen molar-refractivity contribution in [1.29, 1.82) is 0 Å². The lowest BCUT2D eigenvalue weighted by atomic mass is 9.81. The Morgan fingerprint density at radius 1 is 1.30 bits per heavy atom. The maximum absolute atomic E-state index is 12.6. The second-order valence-electron chi connectivity index (χ2n) is 7.43. The molecule has 0 unspecified atom stereocenters. The number of carbonyl (C=O) groups excluding carboxylic acids is 1. The van der Waals surface area contributed by atoms with Crippen LogP contribution in [-0.4, -0.2) is 49.9 Å². The number of nitrogens with zero attached hydrogens (tertiary/aromatic N) is 4. The number of aryl methyl sites for hydroxylation is 2. The van der Waals surface area contributed by atoms with Crippen LogP contribution in [0.5, 0.6) is 0 Å². The molecule has 8 nitrogen and oxygen atoms in total. The first-order chi connectivity index (χ1) is 13.1. The van der Waals surface area contributed by atoms with Gasteiger partial charge in [0, 0.05) is 44.3 Å². The molecule has 27 heavy (non-hydrogen) atoms. The Balaban J connectivity index is 1.34. The van der Waals surface area contributed by atoms with Gasteiger partial charge < -0.3 is 10.0 Å². The Kier molecular flexibility index (Phi) is 4.55. The molecule has 0 bridgehead atoms. The van der Waals surface area contributed by atoms with E-state index in [2.05, 4.69) is 15.4 Å². The van der Waals surface area contributed by atoms with Gasteiger partial charge in [0.1, 0.15) is 0 Å². The van der Waals surface area contributed by atoms with Gasteiger partial charge in [-0.25, -0.2) is 4.79 Å². The molecule has 2 N–H and O–H groups in total. The molecular formula is C19H23N5O3. The monoisotopic (exact) mass is 369 g/mol. The number of carboxylic acids is 1. The number of urea groups is 1. The summed E-state index contributed by atoms with van der Waals surface area (Å²) in [5, 5.41) is 16.8. The first-order valence-corrected chi connectivity index (χ1v) is 9.28. The highest BCUT2D eigenvalue weighted by Crippen LogP contribution is 2.48. The molecular weight excluding hydrogens is 346 g/mol. The third kappa shape index (κ3) is 3.39. The van der Waals surface area contributed by atoms with Gasteiger partial charge in [0.2, 0.25) is 0 Å². The minimum absolute atomic E-state index is 0.0543. The number of pyridine rings is 1. The summed E-state index contributed by atoms with van der Waals surface area (Å²) < 4.78 is 1.79. The zero-order chi connectivity index (χ0) is 18.9. The molecule has 1 saturated carbocycles. The van der Waals surface area contributed by atoms with Crippen molar-refractivity contribution in [3.63, 3.8) is 0 Å². The molecule has 1 aliphatic heterocycles. The minimum atomic E-state index is -0.777. The number of carbonyl (C=O) groups is 2. The highest BCUT2D eigenvalue weighted by Gasteiger charge is 2.55. The van der Waals surface area contributed by atoms with E-state index in [0.717, 1.165) is 19.3 Å². The smallest absolute Gasteiger partial charge is 0.323 e. The number of nitrogens with one attached hydrogen (secondary N) is 1. The zero-order valence-electron chi connectivity index (χ0n) is 15.0. The third-order valence-electron chi connectivity index (χ3n) is 5.84. The standard InChI is InChI=1S/C19H23N5O3/c25-17(26)19-7-1-2-15(19)12-23(13-19)18(27)21-16-6-11-24(22-16)10-5-14-3-8-20-9-4-14/h3-4,6,8-9,11,15H,1-2,5,7,10,12-13H2,(H,25,26)(H,21,22,27)/t15-,19+/m0/s1. The molecule has 1 aliphatic carbocycles. The van der Waals surface area contributed by atoms with Crippen molar-refractivity contribution in [2.75, 3.05) is 18.4 Å². The molecule has 0 aromatic carbocycles. The van der Waals surface area contributed by atoms with Crippen LogP contribution in [0.25, 0.3) is 0 Å². The van der Waals surface area contributed by atoms with Crippen LogP contribution in [0.1, 0.15) is 24.8 Å². The number of aromatic nitrogens is 3. The molecule has 4 rings (SSSR count). The van der Waals surface area contributed by atoms with Crippen LogP contribution in [0, 0.1) is 11.3 Å². The molecule has 2 amide bonds. The lowest BCUT2D eigenvalue weighted by Gasteiger charge is -2.23. The van der Waals surface area contributed by atoms with E-state index in [1.165, 1.54) is 5.56 Å². The fraction of sp³-hybridized carbons (Fsp3) is 0.474. The maximum Gasteiger partial charge on any atom is 0.323 e. The van der Waals surface area contributed by atoms with Crippen molar-refractivity contribution in [1.82, 2.24) is 19.7 Å². The average Bonchev–Trinajstić information content (AvgIpc) is 3.35. The van der Waals surface area contributed by atoms with E-state index in [-0.39, 0.29) is 18.5 Å². The molecule has 2 atom stereocenters. The van der Waals surface area contributed by atoms with Crippen molar-refractivity contribution >= 4 is 17.8 Å². The van der Waals surface area contributed by atoms with Crippen LogP contribution in [0.4, 0.5) is 10.6 Å². The van der Waals surface area contributed by atoms with E-state index >= 15 is 0 Å². The number of likely N-dealkylation sites (tertiary alicyclic amines) is 1. The summed E-state index contributed by atoms with van der Waals surface area (Å²) in [5.41, 5.74) is 0.412. The molecule has 8 heteroatoms. The third-order valence-corrected chi connectivity index (χ3v) is 5.84. The van der Waals surface area contributed by atoms with Crippen molar-refractivity contribution in [3.8, 4) is 0 Å². The van der Waals surface area contributed by atoms with Gasteiger partial charge in [-0.1, -0.05) is 6.42 Å². The zero-order valence-corrected chi connectivity index (χ0v) is 15.0. The number of carboxylic acid groups (broad SMARTS) is 1. The summed E-state index contributed by atoms with van der Waals surface area (Å²) in [6.07, 6.45) is 8.63. The number of hydrogen-bond donors (Lipinski definition) is 2. The van der Waals surface area contributed by atoms with E-state index in [1.807, 2.05) is 18.3 Å². The summed E-state index contributed by atoms with van der Waals surface area (Å²) >= 11 is 0. The lowest BCUT2D eigenvalue weighted by molar-refractivity contribution is -0.149. The van der Waals surface area contributed by atoms with E-state index < -0.39 is 11.4 Å². The van der Waals surface area contributed by atoms with Crippen molar-refractivity contribution in [2.24, 2.45) is 11.3 Å². The lowest BCUT2D eigenvalue weighted by Crippen LogP contribution is -2.38. The van der Waals surface area contributed by atoms with Crippen molar-refractivity contribution < 1.29 is 14.7 Å². The maximum atomic E-state index is 12.6. The highest BCUT2D eigenvalue weighted by molar-refractivity contribution is 5.89. The van der Waals surface area contributed by atoms with Gasteiger partial charge in [-0.05, 0) is 42.9 Å². The van der Waals surface area contributed by atoms with Crippen molar-refractivity contribution in [3.05, 3.63) is 42.4 Å². The van der Waals surface area contributed by atoms with Gasteiger partial charge in [-0.2, -0.15) is 5.10 Å². The fourth-order valence-electron chi connectivity index (χ4n) is 4.33. The van der Waals surface area contributed by atoms with E-state index in [4.69, 9.17) is 0 Å². The average molecular weight is 369 g/mol. The Bertz CT molecular complexity index is 837. The largest absolute Gasteiger partial charge is 0.481 e. The van der Waals surface area contributed by atoms with E-state index in [0.29, 0.717) is 25.3 Å². The summed E-state index contributed by atoms with van der Waals surface area (Å²) in [7, 11) is 0. The van der Waals surface area contributed by atoms with Gasteiger partial charge in [0.15, 0.2) is 5.82 Å². The normalized spacial score (nSPS) is 24.0. The predicted molar refractivity (Wildman–Crippen MR) is 98.2 cm³/mol. The highest BCUT2D eigenvalue weighted by atomic mass is 16.4. The molecule has 142 valence electrons. The quantitative estimate of drug-likeness (QED) is 0.842. The number of aliphatic carboxylic acids is 1. The second kappa shape index (κ2) is 7.02. The molecule has 2 aromatic heterocycles. The SMILES string of the molecule is O=C(Nc1ccn(CCc2ccncc2)n1)N1C[C@@H]2CCC[C@@]2(C(=O)O)C1. The van der Waals surface area contributed by atoms with Crippen LogP contribution in [-0.2, 0) is 17.8 Å². The summed E-state index contributed by atoms with van der Waals surface area (Å²) in [5.74, 6) is -0.240. The summed E-state index contributed by atoms with van der Waals surface area (Å²) in [6, 6.07) is 5.42. The van der Waals surface area contributed by atoms with Crippen LogP contribution >= 0.6 is 0 Å². The second-order valence-corrected chi connectivity index (χ2v) is 7.43. The van der Waals surface area contributed by atoms with Gasteiger partial charge in [-0.15, -0.1) is 0 Å². The number of amides is 2. The first-order valence-electron chi connectivity index (χ1n) is 9.28. The van der Waals surface area contributed by atoms with Crippen molar-refractivity contribution in [2.45, 2.75) is 32.2 Å². The van der Waals surface area contributed by atoms with Gasteiger partial charge >= 0.3 is 12.0 Å². The number of rotatable bonds is 5. The van der Waals surface area contributed by atoms with Crippen LogP contribution in [0.2, 0.25) is 0 Å². The summed E-state index contributed by atoms with van der Waals surface area (Å²) in [4.78, 5) is 29.9.